The predicted octanol–water partition coefficient (Wildman–Crippen LogP) is 1.98. The third-order valence-electron chi connectivity index (χ3n) is 2.82. The lowest BCUT2D eigenvalue weighted by molar-refractivity contribution is 0.0697. The smallest absolute Gasteiger partial charge is 0.335 e. The van der Waals surface area contributed by atoms with Gasteiger partial charge in [-0.25, -0.2) is 9.78 Å². The summed E-state index contributed by atoms with van der Waals surface area (Å²) in [6.07, 6.45) is 3.07. The number of amides is 1. The van der Waals surface area contributed by atoms with Crippen molar-refractivity contribution in [3.05, 3.63) is 41.7 Å². The second-order valence-corrected chi connectivity index (χ2v) is 5.39. The minimum atomic E-state index is -0.994. The number of benzene rings is 1. The minimum Gasteiger partial charge on any atom is -0.478 e. The molecule has 0 aliphatic heterocycles. The van der Waals surface area contributed by atoms with Gasteiger partial charge in [0.05, 0.1) is 27.5 Å². The molecule has 0 fully saturated rings. The fraction of sp³-hybridized carbons (Fsp3) is 0.0769. The molecule has 1 aromatic carbocycles. The van der Waals surface area contributed by atoms with Gasteiger partial charge >= 0.3 is 5.97 Å². The van der Waals surface area contributed by atoms with Crippen molar-refractivity contribution >= 4 is 38.6 Å². The van der Waals surface area contributed by atoms with E-state index in [1.54, 1.807) is 19.3 Å². The number of carbonyl (C=O) groups excluding carboxylic acids is 1. The molecule has 2 heterocycles. The van der Waals surface area contributed by atoms with Crippen molar-refractivity contribution in [3.63, 3.8) is 0 Å². The lowest BCUT2D eigenvalue weighted by Gasteiger charge is -1.96. The van der Waals surface area contributed by atoms with Gasteiger partial charge in [-0.3, -0.25) is 14.8 Å². The Bertz CT molecular complexity index is 852. The first-order chi connectivity index (χ1) is 10.0. The zero-order valence-corrected chi connectivity index (χ0v) is 11.7. The number of nitrogens with one attached hydrogen (secondary N) is 1. The number of anilines is 1. The SMILES string of the molecule is Cn1cc(C(=O)Nc2nc3ccc(C(=O)O)cc3s2)cn1. The number of aromatic carboxylic acids is 1. The molecule has 0 unspecified atom stereocenters. The summed E-state index contributed by atoms with van der Waals surface area (Å²) >= 11 is 1.23. The van der Waals surface area contributed by atoms with Crippen molar-refractivity contribution in [2.45, 2.75) is 0 Å². The van der Waals surface area contributed by atoms with E-state index < -0.39 is 5.97 Å². The van der Waals surface area contributed by atoms with Crippen LogP contribution in [0, 0.1) is 0 Å². The van der Waals surface area contributed by atoms with Gasteiger partial charge in [-0.2, -0.15) is 5.10 Å². The van der Waals surface area contributed by atoms with Gasteiger partial charge in [0.15, 0.2) is 5.13 Å². The molecule has 0 bridgehead atoms. The van der Waals surface area contributed by atoms with E-state index in [1.807, 2.05) is 0 Å². The molecule has 21 heavy (non-hydrogen) atoms. The van der Waals surface area contributed by atoms with Crippen LogP contribution in [0.2, 0.25) is 0 Å². The van der Waals surface area contributed by atoms with Crippen molar-refractivity contribution < 1.29 is 14.7 Å². The van der Waals surface area contributed by atoms with Crippen LogP contribution in [-0.4, -0.2) is 31.7 Å². The monoisotopic (exact) mass is 302 g/mol. The first-order valence-electron chi connectivity index (χ1n) is 5.97. The zero-order chi connectivity index (χ0) is 15.0. The maximum atomic E-state index is 12.0. The van der Waals surface area contributed by atoms with Gasteiger partial charge in [-0.15, -0.1) is 0 Å². The van der Waals surface area contributed by atoms with E-state index in [4.69, 9.17) is 5.11 Å². The molecule has 1 amide bonds. The molecule has 0 spiro atoms. The Kier molecular flexibility index (Phi) is 3.15. The maximum absolute atomic E-state index is 12.0. The third-order valence-corrected chi connectivity index (χ3v) is 3.76. The Labute approximate surface area is 122 Å². The summed E-state index contributed by atoms with van der Waals surface area (Å²) in [5.41, 5.74) is 1.27. The van der Waals surface area contributed by atoms with Gasteiger partial charge in [0.25, 0.3) is 5.91 Å². The molecule has 8 heteroatoms. The summed E-state index contributed by atoms with van der Waals surface area (Å²) in [7, 11) is 1.72. The number of aryl methyl sites for hydroxylation is 1. The maximum Gasteiger partial charge on any atom is 0.335 e. The highest BCUT2D eigenvalue weighted by Crippen LogP contribution is 2.27. The molecule has 0 aliphatic carbocycles. The molecule has 3 rings (SSSR count). The van der Waals surface area contributed by atoms with Crippen molar-refractivity contribution in [1.29, 1.82) is 0 Å². The fourth-order valence-corrected chi connectivity index (χ4v) is 2.72. The lowest BCUT2D eigenvalue weighted by Crippen LogP contribution is -2.10. The number of aromatic nitrogens is 3. The van der Waals surface area contributed by atoms with Gasteiger partial charge in [0.2, 0.25) is 0 Å². The van der Waals surface area contributed by atoms with E-state index in [0.717, 1.165) is 0 Å². The standard InChI is InChI=1S/C13H10N4O3S/c1-17-6-8(5-14-17)11(18)16-13-15-9-3-2-7(12(19)20)4-10(9)21-13/h2-6H,1H3,(H,19,20)(H,15,16,18). The van der Waals surface area contributed by atoms with Crippen LogP contribution >= 0.6 is 11.3 Å². The number of thiazole rings is 1. The number of hydrogen-bond donors (Lipinski definition) is 2. The summed E-state index contributed by atoms with van der Waals surface area (Å²) in [5.74, 6) is -1.30. The first-order valence-corrected chi connectivity index (χ1v) is 6.78. The lowest BCUT2D eigenvalue weighted by atomic mass is 10.2. The highest BCUT2D eigenvalue weighted by Gasteiger charge is 2.12. The van der Waals surface area contributed by atoms with Crippen molar-refractivity contribution in [2.24, 2.45) is 7.05 Å². The van der Waals surface area contributed by atoms with Crippen LogP contribution in [0.5, 0.6) is 0 Å². The number of carbonyl (C=O) groups is 2. The second-order valence-electron chi connectivity index (χ2n) is 4.36. The second kappa shape index (κ2) is 4.98. The Hall–Kier alpha value is -2.74. The molecule has 3 aromatic rings. The van der Waals surface area contributed by atoms with Crippen molar-refractivity contribution in [1.82, 2.24) is 14.8 Å². The quantitative estimate of drug-likeness (QED) is 0.771. The Morgan fingerprint density at radius 2 is 2.14 bits per heavy atom. The van der Waals surface area contributed by atoms with E-state index in [-0.39, 0.29) is 11.5 Å². The highest BCUT2D eigenvalue weighted by atomic mass is 32.1. The van der Waals surface area contributed by atoms with Crippen LogP contribution in [0.4, 0.5) is 5.13 Å². The highest BCUT2D eigenvalue weighted by molar-refractivity contribution is 7.22. The zero-order valence-electron chi connectivity index (χ0n) is 10.9. The van der Waals surface area contributed by atoms with Crippen LogP contribution in [0.15, 0.2) is 30.6 Å². The molecular weight excluding hydrogens is 292 g/mol. The van der Waals surface area contributed by atoms with E-state index in [0.29, 0.717) is 20.9 Å². The third kappa shape index (κ3) is 2.61. The molecule has 0 saturated carbocycles. The van der Waals surface area contributed by atoms with Gasteiger partial charge in [0, 0.05) is 13.2 Å². The Morgan fingerprint density at radius 3 is 2.81 bits per heavy atom. The van der Waals surface area contributed by atoms with Crippen LogP contribution in [0.3, 0.4) is 0 Å². The average Bonchev–Trinajstić information content (AvgIpc) is 3.03. The van der Waals surface area contributed by atoms with Gasteiger partial charge < -0.3 is 5.11 Å². The summed E-state index contributed by atoms with van der Waals surface area (Å²) in [6.45, 7) is 0. The minimum absolute atomic E-state index is 0.191. The summed E-state index contributed by atoms with van der Waals surface area (Å²) in [5, 5.41) is 16.0. The average molecular weight is 302 g/mol. The number of rotatable bonds is 3. The number of fused-ring (bicyclic) bond motifs is 1. The number of carboxylic acid groups (broad SMARTS) is 1. The molecule has 0 saturated heterocycles. The molecule has 7 nitrogen and oxygen atoms in total. The van der Waals surface area contributed by atoms with Crippen molar-refractivity contribution in [2.75, 3.05) is 5.32 Å². The van der Waals surface area contributed by atoms with Crippen LogP contribution in [0.1, 0.15) is 20.7 Å². The summed E-state index contributed by atoms with van der Waals surface area (Å²) in [6, 6.07) is 4.64. The van der Waals surface area contributed by atoms with Gasteiger partial charge in [-0.05, 0) is 18.2 Å². The topological polar surface area (TPSA) is 97.1 Å². The predicted molar refractivity (Wildman–Crippen MR) is 77.7 cm³/mol. The molecular formula is C13H10N4O3S. The van der Waals surface area contributed by atoms with E-state index in [1.165, 1.54) is 34.3 Å². The first kappa shape index (κ1) is 13.3. The fourth-order valence-electron chi connectivity index (χ4n) is 1.82. The molecule has 0 atom stereocenters. The molecule has 2 aromatic heterocycles. The molecule has 106 valence electrons. The summed E-state index contributed by atoms with van der Waals surface area (Å²) in [4.78, 5) is 27.2. The normalized spacial score (nSPS) is 10.7. The number of carboxylic acids is 1. The van der Waals surface area contributed by atoms with Crippen molar-refractivity contribution in [3.8, 4) is 0 Å². The molecule has 0 aliphatic rings. The number of nitrogens with zero attached hydrogens (tertiary/aromatic N) is 3. The van der Waals surface area contributed by atoms with Crippen LogP contribution in [-0.2, 0) is 7.05 Å². The molecule has 0 radical (unpaired) electrons. The van der Waals surface area contributed by atoms with E-state index in [9.17, 15) is 9.59 Å². The van der Waals surface area contributed by atoms with Gasteiger partial charge in [-0.1, -0.05) is 11.3 Å². The van der Waals surface area contributed by atoms with Gasteiger partial charge in [0.1, 0.15) is 0 Å². The molecule has 2 N–H and O–H groups in total. The number of hydrogen-bond acceptors (Lipinski definition) is 5. The Morgan fingerprint density at radius 1 is 1.33 bits per heavy atom. The van der Waals surface area contributed by atoms with E-state index in [2.05, 4.69) is 15.4 Å². The summed E-state index contributed by atoms with van der Waals surface area (Å²) < 4.78 is 2.24. The Balaban J connectivity index is 1.87. The largest absolute Gasteiger partial charge is 0.478 e. The van der Waals surface area contributed by atoms with Crippen LogP contribution in [0.25, 0.3) is 10.2 Å². The van der Waals surface area contributed by atoms with Crippen LogP contribution < -0.4 is 5.32 Å². The van der Waals surface area contributed by atoms with E-state index >= 15 is 0 Å².